The van der Waals surface area contributed by atoms with E-state index in [4.69, 9.17) is 0 Å². The summed E-state index contributed by atoms with van der Waals surface area (Å²) in [6.45, 7) is 0. The molecule has 0 N–H and O–H groups in total. The number of halogens is 1. The molecule has 18 heavy (non-hydrogen) atoms. The Labute approximate surface area is 105 Å². The molecule has 0 unspecified atom stereocenters. The number of rotatable bonds is 0. The third-order valence-corrected chi connectivity index (χ3v) is 3.73. The number of fused-ring (bicyclic) bond motifs is 5. The lowest BCUT2D eigenvalue weighted by molar-refractivity contribution is 0.626. The van der Waals surface area contributed by atoms with Crippen molar-refractivity contribution >= 4 is 10.8 Å². The van der Waals surface area contributed by atoms with Crippen molar-refractivity contribution in [1.29, 1.82) is 0 Å². The van der Waals surface area contributed by atoms with Gasteiger partial charge in [0.1, 0.15) is 5.82 Å². The molecule has 1 heteroatoms. The molecule has 0 heterocycles. The Morgan fingerprint density at radius 2 is 1.72 bits per heavy atom. The van der Waals surface area contributed by atoms with Gasteiger partial charge in [0.2, 0.25) is 0 Å². The Morgan fingerprint density at radius 3 is 2.67 bits per heavy atom. The number of benzene rings is 3. The van der Waals surface area contributed by atoms with Crippen LogP contribution in [0.2, 0.25) is 0 Å². The van der Waals surface area contributed by atoms with Crippen LogP contribution >= 0.6 is 0 Å². The highest BCUT2D eigenvalue weighted by Gasteiger charge is 2.20. The lowest BCUT2D eigenvalue weighted by atomic mass is 9.98. The highest BCUT2D eigenvalue weighted by molar-refractivity contribution is 6.00. The minimum absolute atomic E-state index is 0.147. The maximum atomic E-state index is 13.3. The maximum absolute atomic E-state index is 13.3. The van der Waals surface area contributed by atoms with Crippen LogP contribution in [0, 0.1) is 5.82 Å². The van der Waals surface area contributed by atoms with Crippen molar-refractivity contribution in [2.24, 2.45) is 0 Å². The quantitative estimate of drug-likeness (QED) is 0.418. The van der Waals surface area contributed by atoms with Gasteiger partial charge in [-0.25, -0.2) is 4.39 Å². The summed E-state index contributed by atoms with van der Waals surface area (Å²) in [7, 11) is 0. The van der Waals surface area contributed by atoms with Crippen molar-refractivity contribution in [1.82, 2.24) is 0 Å². The van der Waals surface area contributed by atoms with E-state index in [1.807, 2.05) is 6.07 Å². The first-order chi connectivity index (χ1) is 8.83. The van der Waals surface area contributed by atoms with Crippen LogP contribution in [-0.2, 0) is 6.42 Å². The summed E-state index contributed by atoms with van der Waals surface area (Å²) in [5, 5.41) is 2.51. The SMILES string of the molecule is Fc1ccc2c(c1)Cc1ccc3ccccc3c1-2. The fourth-order valence-electron chi connectivity index (χ4n) is 2.94. The third kappa shape index (κ3) is 1.25. The Hall–Kier alpha value is -2.15. The molecule has 0 spiro atoms. The van der Waals surface area contributed by atoms with Gasteiger partial charge in [0.15, 0.2) is 0 Å². The topological polar surface area (TPSA) is 0 Å². The van der Waals surface area contributed by atoms with Crippen molar-refractivity contribution < 1.29 is 4.39 Å². The fraction of sp³-hybridized carbons (Fsp3) is 0.0588. The lowest BCUT2D eigenvalue weighted by Gasteiger charge is -2.06. The molecule has 0 aromatic heterocycles. The van der Waals surface area contributed by atoms with Gasteiger partial charge in [0, 0.05) is 0 Å². The van der Waals surface area contributed by atoms with Gasteiger partial charge >= 0.3 is 0 Å². The molecule has 0 amide bonds. The van der Waals surface area contributed by atoms with E-state index in [2.05, 4.69) is 36.4 Å². The molecule has 0 bridgehead atoms. The smallest absolute Gasteiger partial charge is 0.123 e. The molecule has 4 rings (SSSR count). The van der Waals surface area contributed by atoms with Crippen molar-refractivity contribution in [3.8, 4) is 11.1 Å². The van der Waals surface area contributed by atoms with Crippen LogP contribution in [0.5, 0.6) is 0 Å². The summed E-state index contributed by atoms with van der Waals surface area (Å²) in [5.74, 6) is -0.147. The molecule has 0 saturated carbocycles. The molecule has 1 aliphatic carbocycles. The molecule has 3 aromatic rings. The monoisotopic (exact) mass is 234 g/mol. The largest absolute Gasteiger partial charge is 0.207 e. The van der Waals surface area contributed by atoms with E-state index in [1.54, 1.807) is 12.1 Å². The second kappa shape index (κ2) is 3.42. The lowest BCUT2D eigenvalue weighted by Crippen LogP contribution is -1.82. The maximum Gasteiger partial charge on any atom is 0.123 e. The molecule has 0 radical (unpaired) electrons. The van der Waals surface area contributed by atoms with Gasteiger partial charge in [-0.3, -0.25) is 0 Å². The minimum atomic E-state index is -0.147. The number of hydrogen-bond acceptors (Lipinski definition) is 0. The second-order valence-corrected chi connectivity index (χ2v) is 4.80. The molecule has 0 fully saturated rings. The van der Waals surface area contributed by atoms with E-state index in [-0.39, 0.29) is 5.82 Å². The van der Waals surface area contributed by atoms with Crippen LogP contribution in [0.25, 0.3) is 21.9 Å². The van der Waals surface area contributed by atoms with Crippen LogP contribution in [-0.4, -0.2) is 0 Å². The molecule has 3 aromatic carbocycles. The Balaban J connectivity index is 2.12. The number of hydrogen-bond donors (Lipinski definition) is 0. The van der Waals surface area contributed by atoms with E-state index in [1.165, 1.54) is 27.5 Å². The average molecular weight is 234 g/mol. The highest BCUT2D eigenvalue weighted by atomic mass is 19.1. The third-order valence-electron chi connectivity index (χ3n) is 3.73. The van der Waals surface area contributed by atoms with Gasteiger partial charge < -0.3 is 0 Å². The summed E-state index contributed by atoms with van der Waals surface area (Å²) in [6.07, 6.45) is 0.841. The summed E-state index contributed by atoms with van der Waals surface area (Å²) in [4.78, 5) is 0. The van der Waals surface area contributed by atoms with E-state index >= 15 is 0 Å². The minimum Gasteiger partial charge on any atom is -0.207 e. The zero-order chi connectivity index (χ0) is 12.1. The molecule has 0 atom stereocenters. The normalized spacial score (nSPS) is 12.5. The van der Waals surface area contributed by atoms with E-state index in [9.17, 15) is 4.39 Å². The first kappa shape index (κ1) is 9.84. The van der Waals surface area contributed by atoms with Gasteiger partial charge in [-0.2, -0.15) is 0 Å². The summed E-state index contributed by atoms with van der Waals surface area (Å²) >= 11 is 0. The van der Waals surface area contributed by atoms with Crippen LogP contribution in [0.3, 0.4) is 0 Å². The summed E-state index contributed by atoms with van der Waals surface area (Å²) in [6, 6.07) is 17.8. The van der Waals surface area contributed by atoms with Crippen molar-refractivity contribution in [2.75, 3.05) is 0 Å². The average Bonchev–Trinajstić information content (AvgIpc) is 2.76. The Morgan fingerprint density at radius 1 is 0.833 bits per heavy atom. The fourth-order valence-corrected chi connectivity index (χ4v) is 2.94. The molecular formula is C17H11F. The van der Waals surface area contributed by atoms with Crippen LogP contribution < -0.4 is 0 Å². The molecular weight excluding hydrogens is 223 g/mol. The van der Waals surface area contributed by atoms with Gasteiger partial charge in [-0.1, -0.05) is 42.5 Å². The van der Waals surface area contributed by atoms with Gasteiger partial charge in [-0.05, 0) is 51.6 Å². The van der Waals surface area contributed by atoms with Crippen LogP contribution in [0.15, 0.2) is 54.6 Å². The first-order valence-corrected chi connectivity index (χ1v) is 6.12. The van der Waals surface area contributed by atoms with Crippen LogP contribution in [0.1, 0.15) is 11.1 Å². The zero-order valence-corrected chi connectivity index (χ0v) is 9.78. The predicted molar refractivity (Wildman–Crippen MR) is 72.1 cm³/mol. The Bertz CT molecular complexity index is 772. The van der Waals surface area contributed by atoms with Crippen molar-refractivity contribution in [3.63, 3.8) is 0 Å². The van der Waals surface area contributed by atoms with E-state index in [0.29, 0.717) is 0 Å². The van der Waals surface area contributed by atoms with Gasteiger partial charge in [-0.15, -0.1) is 0 Å². The van der Waals surface area contributed by atoms with Gasteiger partial charge in [0.25, 0.3) is 0 Å². The van der Waals surface area contributed by atoms with E-state index in [0.717, 1.165) is 12.0 Å². The van der Waals surface area contributed by atoms with E-state index < -0.39 is 0 Å². The summed E-state index contributed by atoms with van der Waals surface area (Å²) < 4.78 is 13.3. The molecule has 0 saturated heterocycles. The second-order valence-electron chi connectivity index (χ2n) is 4.80. The highest BCUT2D eigenvalue weighted by Crippen LogP contribution is 2.41. The first-order valence-electron chi connectivity index (χ1n) is 6.12. The zero-order valence-electron chi connectivity index (χ0n) is 9.78. The van der Waals surface area contributed by atoms with Gasteiger partial charge in [0.05, 0.1) is 0 Å². The predicted octanol–water partition coefficient (Wildman–Crippen LogP) is 4.55. The van der Waals surface area contributed by atoms with Crippen molar-refractivity contribution in [3.05, 3.63) is 71.5 Å². The Kier molecular flexibility index (Phi) is 1.87. The standard InChI is InChI=1S/C17H11F/c18-14-7-8-16-13(10-14)9-12-6-5-11-3-1-2-4-15(11)17(12)16/h1-8,10H,9H2. The molecule has 0 aliphatic heterocycles. The molecule has 1 aliphatic rings. The molecule has 0 nitrogen and oxygen atoms in total. The van der Waals surface area contributed by atoms with Crippen LogP contribution in [0.4, 0.5) is 4.39 Å². The summed E-state index contributed by atoms with van der Waals surface area (Å²) in [5.41, 5.74) is 4.86. The molecule has 86 valence electrons. The van der Waals surface area contributed by atoms with Crippen molar-refractivity contribution in [2.45, 2.75) is 6.42 Å².